The summed E-state index contributed by atoms with van der Waals surface area (Å²) in [4.78, 5) is 19.4. The predicted octanol–water partition coefficient (Wildman–Crippen LogP) is 2.62. The van der Waals surface area contributed by atoms with Crippen molar-refractivity contribution in [1.82, 2.24) is 19.9 Å². The third-order valence-corrected chi connectivity index (χ3v) is 4.70. The summed E-state index contributed by atoms with van der Waals surface area (Å²) in [6.07, 6.45) is 14.9. The molecule has 5 heteroatoms. The van der Waals surface area contributed by atoms with Gasteiger partial charge in [-0.05, 0) is 25.0 Å². The van der Waals surface area contributed by atoms with Crippen LogP contribution >= 0.6 is 0 Å². The number of rotatable bonds is 6. The van der Waals surface area contributed by atoms with Crippen molar-refractivity contribution in [2.45, 2.75) is 50.5 Å². The highest BCUT2D eigenvalue weighted by Crippen LogP contribution is 2.37. The van der Waals surface area contributed by atoms with E-state index in [1.54, 1.807) is 12.5 Å². The number of H-pyrrole nitrogens is 1. The van der Waals surface area contributed by atoms with Crippen LogP contribution in [0.3, 0.4) is 0 Å². The van der Waals surface area contributed by atoms with Gasteiger partial charge in [0, 0.05) is 37.3 Å². The first-order valence-corrected chi connectivity index (χ1v) is 8.16. The molecule has 1 aliphatic rings. The molecule has 2 aromatic rings. The zero-order valence-corrected chi connectivity index (χ0v) is 12.9. The second-order valence-corrected chi connectivity index (χ2v) is 6.23. The third-order valence-electron chi connectivity index (χ3n) is 4.70. The minimum atomic E-state index is -0.0280. The minimum Gasteiger partial charge on any atom is -0.356 e. The molecule has 1 aliphatic carbocycles. The molecule has 118 valence electrons. The van der Waals surface area contributed by atoms with Crippen LogP contribution in [-0.2, 0) is 16.8 Å². The Morgan fingerprint density at radius 1 is 1.27 bits per heavy atom. The molecule has 0 spiro atoms. The van der Waals surface area contributed by atoms with Gasteiger partial charge >= 0.3 is 0 Å². The van der Waals surface area contributed by atoms with Crippen molar-refractivity contribution in [3.05, 3.63) is 42.7 Å². The Labute approximate surface area is 131 Å². The van der Waals surface area contributed by atoms with E-state index in [0.717, 1.165) is 25.0 Å². The van der Waals surface area contributed by atoms with Gasteiger partial charge in [-0.25, -0.2) is 4.98 Å². The lowest BCUT2D eigenvalue weighted by Gasteiger charge is -2.38. The number of carbonyl (C=O) groups is 1. The first kappa shape index (κ1) is 14.9. The number of imidazole rings is 1. The van der Waals surface area contributed by atoms with Crippen LogP contribution in [0.5, 0.6) is 0 Å². The van der Waals surface area contributed by atoms with E-state index in [4.69, 9.17) is 0 Å². The second kappa shape index (κ2) is 6.81. The molecule has 2 N–H and O–H groups in total. The molecule has 5 nitrogen and oxygen atoms in total. The average molecular weight is 300 g/mol. The molecule has 0 aliphatic heterocycles. The summed E-state index contributed by atoms with van der Waals surface area (Å²) in [5.74, 6) is 0.148. The summed E-state index contributed by atoms with van der Waals surface area (Å²) in [7, 11) is 0. The van der Waals surface area contributed by atoms with E-state index in [1.165, 1.54) is 19.3 Å². The summed E-state index contributed by atoms with van der Waals surface area (Å²) in [5, 5.41) is 3.05. The molecule has 0 radical (unpaired) electrons. The summed E-state index contributed by atoms with van der Waals surface area (Å²) >= 11 is 0. The van der Waals surface area contributed by atoms with Crippen molar-refractivity contribution in [3.63, 3.8) is 0 Å². The molecule has 2 aromatic heterocycles. The van der Waals surface area contributed by atoms with Crippen LogP contribution < -0.4 is 5.32 Å². The molecule has 1 fully saturated rings. The Bertz CT molecular complexity index is 568. The Balaban J connectivity index is 1.57. The summed E-state index contributed by atoms with van der Waals surface area (Å²) in [6.45, 7) is 0.656. The number of aromatic amines is 1. The average Bonchev–Trinajstić information content (AvgIpc) is 3.22. The number of nitrogens with zero attached hydrogens (tertiary/aromatic N) is 2. The highest BCUT2D eigenvalue weighted by molar-refractivity contribution is 5.77. The standard InChI is InChI=1S/C17H24N4O/c22-16(19-9-6-15-13-18-14-20-15)12-17(7-2-1-3-8-17)21-10-4-5-11-21/h4-5,10-11,13-14H,1-3,6-9,12H2,(H,18,20)(H,19,22). The van der Waals surface area contributed by atoms with Crippen LogP contribution in [0.15, 0.2) is 37.1 Å². The first-order chi connectivity index (χ1) is 10.8. The maximum Gasteiger partial charge on any atom is 0.222 e. The van der Waals surface area contributed by atoms with Crippen LogP contribution in [0.25, 0.3) is 0 Å². The maximum atomic E-state index is 12.4. The van der Waals surface area contributed by atoms with Gasteiger partial charge in [-0.1, -0.05) is 19.3 Å². The fraction of sp³-hybridized carbons (Fsp3) is 0.529. The SMILES string of the molecule is O=C(CC1(n2cccc2)CCCCC1)NCCc1cnc[nH]1. The number of nitrogens with one attached hydrogen (secondary N) is 2. The van der Waals surface area contributed by atoms with Gasteiger partial charge < -0.3 is 14.9 Å². The fourth-order valence-electron chi connectivity index (χ4n) is 3.51. The molecule has 0 unspecified atom stereocenters. The van der Waals surface area contributed by atoms with Gasteiger partial charge in [0.1, 0.15) is 0 Å². The van der Waals surface area contributed by atoms with Gasteiger partial charge in [0.25, 0.3) is 0 Å². The number of hydrogen-bond donors (Lipinski definition) is 2. The fourth-order valence-corrected chi connectivity index (χ4v) is 3.51. The molecular formula is C17H24N4O. The van der Waals surface area contributed by atoms with E-state index in [-0.39, 0.29) is 11.4 Å². The zero-order valence-electron chi connectivity index (χ0n) is 12.9. The van der Waals surface area contributed by atoms with Gasteiger partial charge in [0.2, 0.25) is 5.91 Å². The van der Waals surface area contributed by atoms with Crippen LogP contribution in [0.4, 0.5) is 0 Å². The van der Waals surface area contributed by atoms with E-state index in [1.807, 2.05) is 12.1 Å². The summed E-state index contributed by atoms with van der Waals surface area (Å²) in [6, 6.07) is 4.10. The smallest absolute Gasteiger partial charge is 0.222 e. The number of carbonyl (C=O) groups excluding carboxylic acids is 1. The van der Waals surface area contributed by atoms with Gasteiger partial charge in [-0.3, -0.25) is 4.79 Å². The molecule has 0 atom stereocenters. The van der Waals surface area contributed by atoms with Crippen molar-refractivity contribution in [2.24, 2.45) is 0 Å². The summed E-state index contributed by atoms with van der Waals surface area (Å²) in [5.41, 5.74) is 1.03. The minimum absolute atomic E-state index is 0.0280. The van der Waals surface area contributed by atoms with Gasteiger partial charge in [0.05, 0.1) is 18.3 Å². The van der Waals surface area contributed by atoms with Crippen molar-refractivity contribution in [1.29, 1.82) is 0 Å². The molecule has 1 amide bonds. The zero-order chi connectivity index (χ0) is 15.3. The maximum absolute atomic E-state index is 12.4. The Morgan fingerprint density at radius 3 is 2.73 bits per heavy atom. The molecule has 3 rings (SSSR count). The molecule has 0 saturated heterocycles. The van der Waals surface area contributed by atoms with Gasteiger partial charge in [0.15, 0.2) is 0 Å². The van der Waals surface area contributed by atoms with Crippen LogP contribution in [0, 0.1) is 0 Å². The van der Waals surface area contributed by atoms with Gasteiger partial charge in [-0.2, -0.15) is 0 Å². The van der Waals surface area contributed by atoms with E-state index in [2.05, 4.69) is 32.2 Å². The molecule has 1 saturated carbocycles. The van der Waals surface area contributed by atoms with E-state index in [9.17, 15) is 4.79 Å². The van der Waals surface area contributed by atoms with Crippen molar-refractivity contribution in [2.75, 3.05) is 6.54 Å². The first-order valence-electron chi connectivity index (χ1n) is 8.16. The lowest BCUT2D eigenvalue weighted by Crippen LogP contribution is -2.41. The topological polar surface area (TPSA) is 62.7 Å². The van der Waals surface area contributed by atoms with Crippen LogP contribution in [-0.4, -0.2) is 27.0 Å². The van der Waals surface area contributed by atoms with Crippen molar-refractivity contribution >= 4 is 5.91 Å². The Kier molecular flexibility index (Phi) is 4.61. The largest absolute Gasteiger partial charge is 0.356 e. The van der Waals surface area contributed by atoms with E-state index in [0.29, 0.717) is 13.0 Å². The van der Waals surface area contributed by atoms with E-state index < -0.39 is 0 Å². The predicted molar refractivity (Wildman–Crippen MR) is 85.4 cm³/mol. The number of hydrogen-bond acceptors (Lipinski definition) is 2. The third kappa shape index (κ3) is 3.40. The molecule has 0 aromatic carbocycles. The van der Waals surface area contributed by atoms with Crippen LogP contribution in [0.2, 0.25) is 0 Å². The molecule has 2 heterocycles. The number of amides is 1. The van der Waals surface area contributed by atoms with E-state index >= 15 is 0 Å². The highest BCUT2D eigenvalue weighted by atomic mass is 16.1. The second-order valence-electron chi connectivity index (χ2n) is 6.23. The van der Waals surface area contributed by atoms with Crippen molar-refractivity contribution < 1.29 is 4.79 Å². The van der Waals surface area contributed by atoms with Crippen LogP contribution in [0.1, 0.15) is 44.2 Å². The molecule has 22 heavy (non-hydrogen) atoms. The molecular weight excluding hydrogens is 276 g/mol. The van der Waals surface area contributed by atoms with Crippen molar-refractivity contribution in [3.8, 4) is 0 Å². The quantitative estimate of drug-likeness (QED) is 0.861. The Morgan fingerprint density at radius 2 is 2.05 bits per heavy atom. The highest BCUT2D eigenvalue weighted by Gasteiger charge is 2.35. The monoisotopic (exact) mass is 300 g/mol. The summed E-state index contributed by atoms with van der Waals surface area (Å²) < 4.78 is 2.25. The number of aromatic nitrogens is 3. The Hall–Kier alpha value is -2.04. The normalized spacial score (nSPS) is 17.3. The molecule has 0 bridgehead atoms. The lowest BCUT2D eigenvalue weighted by molar-refractivity contribution is -0.123. The lowest BCUT2D eigenvalue weighted by atomic mass is 9.78. The van der Waals surface area contributed by atoms with Gasteiger partial charge in [-0.15, -0.1) is 0 Å².